The zero-order chi connectivity index (χ0) is 18.7. The van der Waals surface area contributed by atoms with Crippen molar-refractivity contribution in [2.24, 2.45) is 0 Å². The molecule has 136 valence electrons. The predicted octanol–water partition coefficient (Wildman–Crippen LogP) is 4.49. The van der Waals surface area contributed by atoms with E-state index in [1.54, 1.807) is 0 Å². The summed E-state index contributed by atoms with van der Waals surface area (Å²) in [5.41, 5.74) is 4.78. The minimum absolute atomic E-state index is 0.106. The molecule has 0 spiro atoms. The van der Waals surface area contributed by atoms with Crippen LogP contribution in [0.15, 0.2) is 42.5 Å². The summed E-state index contributed by atoms with van der Waals surface area (Å²) in [5, 5.41) is 3.07. The molecule has 4 nitrogen and oxygen atoms in total. The molecule has 1 aliphatic rings. The number of carbonyl (C=O) groups is 2. The highest BCUT2D eigenvalue weighted by molar-refractivity contribution is 6.05. The van der Waals surface area contributed by atoms with Gasteiger partial charge in [0.25, 0.3) is 5.91 Å². The molecule has 0 aromatic heterocycles. The zero-order valence-electron chi connectivity index (χ0n) is 15.7. The molecular weight excluding hydrogens is 324 g/mol. The van der Waals surface area contributed by atoms with Crippen molar-refractivity contribution < 1.29 is 9.59 Å². The lowest BCUT2D eigenvalue weighted by atomic mass is 9.98. The van der Waals surface area contributed by atoms with E-state index >= 15 is 0 Å². The van der Waals surface area contributed by atoms with Gasteiger partial charge in [-0.3, -0.25) is 9.59 Å². The van der Waals surface area contributed by atoms with E-state index in [0.717, 1.165) is 35.3 Å². The van der Waals surface area contributed by atoms with Gasteiger partial charge in [0.05, 0.1) is 0 Å². The number of nitrogens with zero attached hydrogens (tertiary/aromatic N) is 1. The van der Waals surface area contributed by atoms with Gasteiger partial charge in [0.2, 0.25) is 5.91 Å². The fraction of sp³-hybridized carbons (Fsp3) is 0.364. The molecule has 1 fully saturated rings. The van der Waals surface area contributed by atoms with Crippen molar-refractivity contribution in [1.29, 1.82) is 0 Å². The molecule has 26 heavy (non-hydrogen) atoms. The third-order valence-corrected chi connectivity index (χ3v) is 4.93. The number of para-hydroxylation sites is 1. The summed E-state index contributed by atoms with van der Waals surface area (Å²) >= 11 is 0. The van der Waals surface area contributed by atoms with E-state index in [4.69, 9.17) is 0 Å². The fourth-order valence-electron chi connectivity index (χ4n) is 3.38. The smallest absolute Gasteiger partial charge is 0.255 e. The normalized spacial score (nSPS) is 14.2. The summed E-state index contributed by atoms with van der Waals surface area (Å²) in [6, 6.07) is 13.6. The largest absolute Gasteiger partial charge is 0.338 e. The molecule has 2 aromatic carbocycles. The molecule has 1 saturated heterocycles. The van der Waals surface area contributed by atoms with Crippen LogP contribution in [-0.4, -0.2) is 23.3 Å². The van der Waals surface area contributed by atoms with Crippen LogP contribution < -0.4 is 5.32 Å². The van der Waals surface area contributed by atoms with Crippen molar-refractivity contribution in [2.45, 2.75) is 46.1 Å². The summed E-state index contributed by atoms with van der Waals surface area (Å²) in [6.45, 7) is 7.71. The van der Waals surface area contributed by atoms with Gasteiger partial charge in [-0.1, -0.05) is 44.2 Å². The first-order valence-electron chi connectivity index (χ1n) is 9.23. The Morgan fingerprint density at radius 3 is 2.50 bits per heavy atom. The lowest BCUT2D eigenvalue weighted by Crippen LogP contribution is -2.23. The fourth-order valence-corrected chi connectivity index (χ4v) is 3.38. The van der Waals surface area contributed by atoms with E-state index < -0.39 is 0 Å². The van der Waals surface area contributed by atoms with Crippen molar-refractivity contribution in [1.82, 2.24) is 4.90 Å². The molecule has 0 aliphatic carbocycles. The Morgan fingerprint density at radius 2 is 1.88 bits per heavy atom. The van der Waals surface area contributed by atoms with Crippen LogP contribution in [0.4, 0.5) is 5.69 Å². The second-order valence-electron chi connectivity index (χ2n) is 7.26. The maximum Gasteiger partial charge on any atom is 0.255 e. The lowest BCUT2D eigenvalue weighted by Gasteiger charge is -2.17. The minimum Gasteiger partial charge on any atom is -0.338 e. The second-order valence-corrected chi connectivity index (χ2v) is 7.26. The molecule has 0 saturated carbocycles. The average Bonchev–Trinajstić information content (AvgIpc) is 3.02. The Morgan fingerprint density at radius 1 is 1.15 bits per heavy atom. The molecule has 0 atom stereocenters. The number of nitrogens with one attached hydrogen (secondary N) is 1. The molecule has 0 bridgehead atoms. The Labute approximate surface area is 155 Å². The Kier molecular flexibility index (Phi) is 5.40. The van der Waals surface area contributed by atoms with Crippen LogP contribution in [-0.2, 0) is 11.3 Å². The highest BCUT2D eigenvalue weighted by Gasteiger charge is 2.20. The Balaban J connectivity index is 1.72. The third kappa shape index (κ3) is 3.96. The van der Waals surface area contributed by atoms with E-state index in [1.807, 2.05) is 48.2 Å². The number of carbonyl (C=O) groups excluding carboxylic acids is 2. The highest BCUT2D eigenvalue weighted by Crippen LogP contribution is 2.28. The molecule has 2 aromatic rings. The third-order valence-electron chi connectivity index (χ3n) is 4.93. The van der Waals surface area contributed by atoms with Crippen LogP contribution in [0.25, 0.3) is 0 Å². The maximum absolute atomic E-state index is 12.7. The van der Waals surface area contributed by atoms with Gasteiger partial charge in [0, 0.05) is 30.8 Å². The van der Waals surface area contributed by atoms with Gasteiger partial charge in [0.1, 0.15) is 0 Å². The molecule has 4 heteroatoms. The van der Waals surface area contributed by atoms with Gasteiger partial charge in [-0.2, -0.15) is 0 Å². The second kappa shape index (κ2) is 7.73. The highest BCUT2D eigenvalue weighted by atomic mass is 16.2. The van der Waals surface area contributed by atoms with Crippen molar-refractivity contribution in [3.8, 4) is 0 Å². The van der Waals surface area contributed by atoms with Crippen molar-refractivity contribution >= 4 is 17.5 Å². The topological polar surface area (TPSA) is 49.4 Å². The maximum atomic E-state index is 12.7. The van der Waals surface area contributed by atoms with Crippen LogP contribution in [0.1, 0.15) is 59.7 Å². The molecular formula is C22H26N2O2. The summed E-state index contributed by atoms with van der Waals surface area (Å²) in [4.78, 5) is 26.3. The molecule has 1 heterocycles. The van der Waals surface area contributed by atoms with Crippen LogP contribution in [0.5, 0.6) is 0 Å². The van der Waals surface area contributed by atoms with Crippen LogP contribution in [0.2, 0.25) is 0 Å². The van der Waals surface area contributed by atoms with Gasteiger partial charge in [0.15, 0.2) is 0 Å². The number of amides is 2. The van der Waals surface area contributed by atoms with Crippen LogP contribution in [0.3, 0.4) is 0 Å². The Hall–Kier alpha value is -2.62. The molecule has 2 amide bonds. The van der Waals surface area contributed by atoms with Crippen LogP contribution >= 0.6 is 0 Å². The van der Waals surface area contributed by atoms with Crippen molar-refractivity contribution in [3.05, 3.63) is 64.7 Å². The summed E-state index contributed by atoms with van der Waals surface area (Å²) in [7, 11) is 0. The number of rotatable bonds is 5. The first-order valence-corrected chi connectivity index (χ1v) is 9.23. The van der Waals surface area contributed by atoms with Gasteiger partial charge in [-0.05, 0) is 48.1 Å². The van der Waals surface area contributed by atoms with Crippen molar-refractivity contribution in [2.75, 3.05) is 11.9 Å². The number of hydrogen-bond donors (Lipinski definition) is 1. The van der Waals surface area contributed by atoms with Gasteiger partial charge in [-0.15, -0.1) is 0 Å². The number of anilines is 1. The molecule has 0 radical (unpaired) electrons. The molecule has 1 N–H and O–H groups in total. The van der Waals surface area contributed by atoms with E-state index in [9.17, 15) is 9.59 Å². The zero-order valence-corrected chi connectivity index (χ0v) is 15.7. The quantitative estimate of drug-likeness (QED) is 0.863. The number of aryl methyl sites for hydroxylation is 1. The van der Waals surface area contributed by atoms with Gasteiger partial charge >= 0.3 is 0 Å². The first kappa shape index (κ1) is 18.2. The van der Waals surface area contributed by atoms with E-state index in [0.29, 0.717) is 24.4 Å². The van der Waals surface area contributed by atoms with E-state index in [-0.39, 0.29) is 11.8 Å². The van der Waals surface area contributed by atoms with Gasteiger partial charge < -0.3 is 10.2 Å². The average molecular weight is 350 g/mol. The standard InChI is InChI=1S/C22H26N2O2/c1-15(2)19-7-4-6-16(3)21(19)23-22(26)18-11-9-17(10-12-18)14-24-13-5-8-20(24)25/h4,6-7,9-12,15H,5,8,13-14H2,1-3H3,(H,23,26). The predicted molar refractivity (Wildman–Crippen MR) is 104 cm³/mol. The van der Waals surface area contributed by atoms with Crippen LogP contribution in [0, 0.1) is 6.92 Å². The van der Waals surface area contributed by atoms with E-state index in [2.05, 4.69) is 25.2 Å². The number of hydrogen-bond acceptors (Lipinski definition) is 2. The summed E-state index contributed by atoms with van der Waals surface area (Å²) in [6.07, 6.45) is 1.59. The Bertz CT molecular complexity index is 809. The molecule has 1 aliphatic heterocycles. The summed E-state index contributed by atoms with van der Waals surface area (Å²) in [5.74, 6) is 0.447. The number of benzene rings is 2. The number of likely N-dealkylation sites (tertiary alicyclic amines) is 1. The SMILES string of the molecule is Cc1cccc(C(C)C)c1NC(=O)c1ccc(CN2CCCC2=O)cc1. The minimum atomic E-state index is -0.106. The van der Waals surface area contributed by atoms with Crippen molar-refractivity contribution in [3.63, 3.8) is 0 Å². The summed E-state index contributed by atoms with van der Waals surface area (Å²) < 4.78 is 0. The first-order chi connectivity index (χ1) is 12.5. The molecule has 0 unspecified atom stereocenters. The monoisotopic (exact) mass is 350 g/mol. The van der Waals surface area contributed by atoms with Gasteiger partial charge in [-0.25, -0.2) is 0 Å². The van der Waals surface area contributed by atoms with E-state index in [1.165, 1.54) is 0 Å². The molecule has 3 rings (SSSR count). The lowest BCUT2D eigenvalue weighted by molar-refractivity contribution is -0.128.